The third-order valence-electron chi connectivity index (χ3n) is 5.47. The first-order chi connectivity index (χ1) is 15.6. The molecular formula is C24H23FN6O. The van der Waals surface area contributed by atoms with Crippen LogP contribution in [-0.2, 0) is 4.74 Å². The van der Waals surface area contributed by atoms with Gasteiger partial charge in [0, 0.05) is 30.9 Å². The van der Waals surface area contributed by atoms with Gasteiger partial charge in [0.2, 0.25) is 0 Å². The van der Waals surface area contributed by atoms with Crippen LogP contribution in [0.15, 0.2) is 61.4 Å². The summed E-state index contributed by atoms with van der Waals surface area (Å²) in [4.78, 5) is 11.1. The summed E-state index contributed by atoms with van der Waals surface area (Å²) in [6, 6.07) is 12.6. The molecule has 0 unspecified atom stereocenters. The summed E-state index contributed by atoms with van der Waals surface area (Å²) in [6.45, 7) is 9.14. The van der Waals surface area contributed by atoms with E-state index in [4.69, 9.17) is 4.74 Å². The molecule has 0 radical (unpaired) electrons. The SMILES string of the molecule is C=C(Nc1ccc(N2CCOCC2)cn1)c1cc2nccc(-c3ccc(C)cc3F)n2n1. The Balaban J connectivity index is 1.38. The highest BCUT2D eigenvalue weighted by Crippen LogP contribution is 2.25. The second kappa shape index (κ2) is 8.39. The fraction of sp³-hybridized carbons (Fsp3) is 0.208. The molecule has 0 spiro atoms. The monoisotopic (exact) mass is 430 g/mol. The molecule has 32 heavy (non-hydrogen) atoms. The van der Waals surface area contributed by atoms with Crippen molar-refractivity contribution in [3.63, 3.8) is 0 Å². The number of fused-ring (bicyclic) bond motifs is 1. The lowest BCUT2D eigenvalue weighted by molar-refractivity contribution is 0.122. The smallest absolute Gasteiger partial charge is 0.156 e. The number of halogens is 1. The molecule has 7 nitrogen and oxygen atoms in total. The normalized spacial score (nSPS) is 14.0. The number of hydrogen-bond donors (Lipinski definition) is 1. The predicted octanol–water partition coefficient (Wildman–Crippen LogP) is 4.16. The molecule has 1 aliphatic heterocycles. The molecule has 1 aromatic carbocycles. The third kappa shape index (κ3) is 3.92. The summed E-state index contributed by atoms with van der Waals surface area (Å²) in [5, 5.41) is 7.82. The van der Waals surface area contributed by atoms with Gasteiger partial charge in [0.15, 0.2) is 5.65 Å². The number of ether oxygens (including phenoxy) is 1. The molecular weight excluding hydrogens is 407 g/mol. The van der Waals surface area contributed by atoms with Gasteiger partial charge in [0.1, 0.15) is 17.3 Å². The molecule has 162 valence electrons. The quantitative estimate of drug-likeness (QED) is 0.513. The molecule has 5 rings (SSSR count). The number of morpholine rings is 1. The third-order valence-corrected chi connectivity index (χ3v) is 5.47. The lowest BCUT2D eigenvalue weighted by Crippen LogP contribution is -2.36. The number of pyridine rings is 1. The highest BCUT2D eigenvalue weighted by Gasteiger charge is 2.15. The summed E-state index contributed by atoms with van der Waals surface area (Å²) >= 11 is 0. The van der Waals surface area contributed by atoms with Crippen molar-refractivity contribution in [2.75, 3.05) is 36.5 Å². The summed E-state index contributed by atoms with van der Waals surface area (Å²) in [5.41, 5.74) is 4.81. The Kier molecular flexibility index (Phi) is 5.28. The van der Waals surface area contributed by atoms with E-state index in [-0.39, 0.29) is 5.82 Å². The first kappa shape index (κ1) is 20.1. The minimum absolute atomic E-state index is 0.295. The summed E-state index contributed by atoms with van der Waals surface area (Å²) in [7, 11) is 0. The van der Waals surface area contributed by atoms with E-state index in [1.54, 1.807) is 22.8 Å². The average Bonchev–Trinajstić information content (AvgIpc) is 3.25. The number of aromatic nitrogens is 4. The Labute approximate surface area is 185 Å². The molecule has 1 aliphatic rings. The van der Waals surface area contributed by atoms with E-state index in [1.807, 2.05) is 37.4 Å². The lowest BCUT2D eigenvalue weighted by Gasteiger charge is -2.28. The summed E-state index contributed by atoms with van der Waals surface area (Å²) in [5.74, 6) is 0.373. The number of nitrogens with one attached hydrogen (secondary N) is 1. The average molecular weight is 430 g/mol. The van der Waals surface area contributed by atoms with Crippen molar-refractivity contribution in [1.29, 1.82) is 0 Å². The van der Waals surface area contributed by atoms with Crippen LogP contribution in [0.5, 0.6) is 0 Å². The Morgan fingerprint density at radius 2 is 1.94 bits per heavy atom. The molecule has 0 bridgehead atoms. The van der Waals surface area contributed by atoms with Crippen molar-refractivity contribution >= 4 is 22.8 Å². The predicted molar refractivity (Wildman–Crippen MR) is 123 cm³/mol. The zero-order valence-corrected chi connectivity index (χ0v) is 17.8. The maximum atomic E-state index is 14.6. The molecule has 1 saturated heterocycles. The van der Waals surface area contributed by atoms with Gasteiger partial charge in [-0.05, 0) is 42.8 Å². The zero-order chi connectivity index (χ0) is 22.1. The maximum Gasteiger partial charge on any atom is 0.156 e. The fourth-order valence-electron chi connectivity index (χ4n) is 3.76. The minimum atomic E-state index is -0.295. The first-order valence-electron chi connectivity index (χ1n) is 10.4. The van der Waals surface area contributed by atoms with Crippen molar-refractivity contribution in [1.82, 2.24) is 19.6 Å². The van der Waals surface area contributed by atoms with Crippen LogP contribution in [0.2, 0.25) is 0 Å². The fourth-order valence-corrected chi connectivity index (χ4v) is 3.76. The second-order valence-corrected chi connectivity index (χ2v) is 7.72. The van der Waals surface area contributed by atoms with Gasteiger partial charge < -0.3 is 15.0 Å². The van der Waals surface area contributed by atoms with Crippen LogP contribution in [0.3, 0.4) is 0 Å². The van der Waals surface area contributed by atoms with E-state index in [0.717, 1.165) is 37.6 Å². The van der Waals surface area contributed by atoms with Gasteiger partial charge in [-0.25, -0.2) is 18.9 Å². The van der Waals surface area contributed by atoms with Gasteiger partial charge in [0.25, 0.3) is 0 Å². The van der Waals surface area contributed by atoms with E-state index in [2.05, 4.69) is 31.9 Å². The van der Waals surface area contributed by atoms with Gasteiger partial charge in [-0.15, -0.1) is 0 Å². The highest BCUT2D eigenvalue weighted by atomic mass is 19.1. The molecule has 8 heteroatoms. The number of rotatable bonds is 5. The first-order valence-corrected chi connectivity index (χ1v) is 10.4. The molecule has 0 amide bonds. The van der Waals surface area contributed by atoms with Gasteiger partial charge in [0.05, 0.1) is 36.5 Å². The molecule has 4 aromatic rings. The lowest BCUT2D eigenvalue weighted by atomic mass is 10.1. The molecule has 1 N–H and O–H groups in total. The van der Waals surface area contributed by atoms with Crippen molar-refractivity contribution in [3.05, 3.63) is 78.5 Å². The molecule has 0 atom stereocenters. The number of anilines is 2. The van der Waals surface area contributed by atoms with E-state index in [1.165, 1.54) is 6.07 Å². The van der Waals surface area contributed by atoms with Crippen LogP contribution in [0.1, 0.15) is 11.3 Å². The Morgan fingerprint density at radius 3 is 2.69 bits per heavy atom. The van der Waals surface area contributed by atoms with Gasteiger partial charge in [-0.3, -0.25) is 0 Å². The Hall–Kier alpha value is -3.78. The molecule has 3 aromatic heterocycles. The van der Waals surface area contributed by atoms with Crippen LogP contribution in [-0.4, -0.2) is 45.9 Å². The summed E-state index contributed by atoms with van der Waals surface area (Å²) in [6.07, 6.45) is 3.49. The number of benzene rings is 1. The Morgan fingerprint density at radius 1 is 1.09 bits per heavy atom. The second-order valence-electron chi connectivity index (χ2n) is 7.72. The zero-order valence-electron chi connectivity index (χ0n) is 17.8. The van der Waals surface area contributed by atoms with Gasteiger partial charge in [-0.2, -0.15) is 5.10 Å². The largest absolute Gasteiger partial charge is 0.378 e. The van der Waals surface area contributed by atoms with Gasteiger partial charge >= 0.3 is 0 Å². The highest BCUT2D eigenvalue weighted by molar-refractivity contribution is 5.75. The van der Waals surface area contributed by atoms with Crippen molar-refractivity contribution in [2.24, 2.45) is 0 Å². The maximum absolute atomic E-state index is 14.6. The Bertz CT molecular complexity index is 1280. The molecule has 0 saturated carbocycles. The van der Waals surface area contributed by atoms with Crippen molar-refractivity contribution in [3.8, 4) is 11.3 Å². The van der Waals surface area contributed by atoms with Gasteiger partial charge in [-0.1, -0.05) is 12.6 Å². The molecule has 0 aliphatic carbocycles. The summed E-state index contributed by atoms with van der Waals surface area (Å²) < 4.78 is 21.6. The number of hydrogen-bond acceptors (Lipinski definition) is 6. The number of nitrogens with zero attached hydrogens (tertiary/aromatic N) is 5. The minimum Gasteiger partial charge on any atom is -0.378 e. The number of aryl methyl sites for hydroxylation is 1. The molecule has 1 fully saturated rings. The van der Waals surface area contributed by atoms with E-state index < -0.39 is 0 Å². The molecule has 4 heterocycles. The van der Waals surface area contributed by atoms with Crippen LogP contribution in [0.4, 0.5) is 15.9 Å². The van der Waals surface area contributed by atoms with E-state index >= 15 is 0 Å². The standard InChI is InChI=1S/C24H23FN6O/c1-16-3-5-19(20(25)13-16)22-7-8-26-24-14-21(29-31(22)24)17(2)28-23-6-4-18(15-27-23)30-9-11-32-12-10-30/h3-8,13-15H,2,9-12H2,1H3,(H,27,28). The van der Waals surface area contributed by atoms with Crippen molar-refractivity contribution in [2.45, 2.75) is 6.92 Å². The van der Waals surface area contributed by atoms with E-state index in [9.17, 15) is 4.39 Å². The van der Waals surface area contributed by atoms with Crippen LogP contribution < -0.4 is 10.2 Å². The van der Waals surface area contributed by atoms with E-state index in [0.29, 0.717) is 34.1 Å². The topological polar surface area (TPSA) is 67.6 Å². The van der Waals surface area contributed by atoms with Crippen molar-refractivity contribution < 1.29 is 9.13 Å². The van der Waals surface area contributed by atoms with Crippen LogP contribution >= 0.6 is 0 Å². The van der Waals surface area contributed by atoms with Crippen LogP contribution in [0.25, 0.3) is 22.6 Å². The van der Waals surface area contributed by atoms with Crippen LogP contribution in [0, 0.1) is 12.7 Å².